The van der Waals surface area contributed by atoms with Gasteiger partial charge in [0.1, 0.15) is 5.82 Å². The molecule has 0 radical (unpaired) electrons. The van der Waals surface area contributed by atoms with E-state index in [9.17, 15) is 14.0 Å². The van der Waals surface area contributed by atoms with Crippen molar-refractivity contribution in [3.63, 3.8) is 0 Å². The Morgan fingerprint density at radius 3 is 2.58 bits per heavy atom. The molecule has 1 saturated heterocycles. The van der Waals surface area contributed by atoms with Crippen molar-refractivity contribution >= 4 is 44.9 Å². The highest BCUT2D eigenvalue weighted by Gasteiger charge is 2.35. The summed E-state index contributed by atoms with van der Waals surface area (Å²) in [7, 11) is 0. The maximum absolute atomic E-state index is 13.8. The number of thioether (sulfide) groups is 1. The van der Waals surface area contributed by atoms with Crippen LogP contribution >= 0.6 is 27.7 Å². The molecule has 122 valence electrons. The van der Waals surface area contributed by atoms with Crippen molar-refractivity contribution in [2.24, 2.45) is 0 Å². The second-order valence-corrected chi connectivity index (χ2v) is 7.33. The predicted octanol–water partition coefficient (Wildman–Crippen LogP) is 5.13. The van der Waals surface area contributed by atoms with E-state index in [0.29, 0.717) is 4.47 Å². The highest BCUT2D eigenvalue weighted by atomic mass is 79.9. The molecule has 1 aliphatic heterocycles. The van der Waals surface area contributed by atoms with Gasteiger partial charge in [-0.3, -0.25) is 14.5 Å². The fourth-order valence-corrected chi connectivity index (χ4v) is 3.49. The number of carbonyl (C=O) groups excluding carboxylic acids is 2. The summed E-state index contributed by atoms with van der Waals surface area (Å²) in [5.74, 6) is -0.839. The Morgan fingerprint density at radius 1 is 1.17 bits per heavy atom. The topological polar surface area (TPSA) is 37.4 Å². The summed E-state index contributed by atoms with van der Waals surface area (Å²) in [5, 5.41) is -0.345. The number of aryl methyl sites for hydroxylation is 1. The van der Waals surface area contributed by atoms with Gasteiger partial charge in [-0.2, -0.15) is 0 Å². The minimum absolute atomic E-state index is 0.212. The molecule has 6 heteroatoms. The average Bonchev–Trinajstić information content (AvgIpc) is 2.80. The molecule has 1 aliphatic rings. The first-order valence-corrected chi connectivity index (χ1v) is 8.81. The lowest BCUT2D eigenvalue weighted by Gasteiger charge is -2.12. The number of nitrogens with zero attached hydrogens (tertiary/aromatic N) is 1. The van der Waals surface area contributed by atoms with E-state index >= 15 is 0 Å². The number of halogens is 2. The van der Waals surface area contributed by atoms with Gasteiger partial charge in [0.15, 0.2) is 0 Å². The number of rotatable bonds is 3. The normalized spacial score (nSPS) is 16.3. The van der Waals surface area contributed by atoms with Crippen LogP contribution in [0.1, 0.15) is 16.7 Å². The van der Waals surface area contributed by atoms with Crippen LogP contribution in [0.15, 0.2) is 51.8 Å². The highest BCUT2D eigenvalue weighted by molar-refractivity contribution is 9.10. The van der Waals surface area contributed by atoms with E-state index in [1.807, 2.05) is 31.2 Å². The summed E-state index contributed by atoms with van der Waals surface area (Å²) in [6.07, 6.45) is 1.42. The molecule has 3 nitrogen and oxygen atoms in total. The first kappa shape index (κ1) is 16.9. The zero-order chi connectivity index (χ0) is 17.3. The molecule has 0 saturated carbocycles. The smallest absolute Gasteiger partial charge is 0.268 e. The molecule has 2 aromatic carbocycles. The monoisotopic (exact) mass is 405 g/mol. The molecule has 0 aromatic heterocycles. The summed E-state index contributed by atoms with van der Waals surface area (Å²) in [5.41, 5.74) is 2.25. The summed E-state index contributed by atoms with van der Waals surface area (Å²) in [6.45, 7) is 2.18. The lowest BCUT2D eigenvalue weighted by molar-refractivity contribution is -0.123. The number of hydrogen-bond donors (Lipinski definition) is 0. The Kier molecular flexibility index (Phi) is 4.87. The van der Waals surface area contributed by atoms with Crippen LogP contribution in [0.4, 0.5) is 9.18 Å². The number of carbonyl (C=O) groups is 2. The second kappa shape index (κ2) is 6.91. The molecular weight excluding hydrogens is 393 g/mol. The molecule has 24 heavy (non-hydrogen) atoms. The van der Waals surface area contributed by atoms with Gasteiger partial charge in [-0.25, -0.2) is 4.39 Å². The Labute approximate surface area is 151 Å². The van der Waals surface area contributed by atoms with Gasteiger partial charge in [-0.1, -0.05) is 45.8 Å². The Bertz CT molecular complexity index is 849. The average molecular weight is 406 g/mol. The third-order valence-electron chi connectivity index (χ3n) is 3.58. The fourth-order valence-electron chi connectivity index (χ4n) is 2.28. The van der Waals surface area contributed by atoms with Gasteiger partial charge in [-0.15, -0.1) is 0 Å². The molecule has 2 amide bonds. The van der Waals surface area contributed by atoms with Gasteiger partial charge in [0.25, 0.3) is 11.1 Å². The Morgan fingerprint density at radius 2 is 1.88 bits per heavy atom. The highest BCUT2D eigenvalue weighted by Crippen LogP contribution is 2.34. The van der Waals surface area contributed by atoms with E-state index in [4.69, 9.17) is 0 Å². The molecule has 0 atom stereocenters. The molecule has 0 aliphatic carbocycles. The standard InChI is InChI=1S/C18H13BrFNO2S/c1-11-2-4-12(5-3-11)10-21-17(22)16(24-18(21)23)9-13-8-14(19)6-7-15(13)20/h2-9H,10H2,1H3/b16-9-. The molecule has 2 aromatic rings. The maximum atomic E-state index is 13.8. The van der Waals surface area contributed by atoms with Crippen LogP contribution in [0, 0.1) is 12.7 Å². The summed E-state index contributed by atoms with van der Waals surface area (Å²) in [6, 6.07) is 12.1. The molecule has 0 bridgehead atoms. The zero-order valence-corrected chi connectivity index (χ0v) is 15.2. The van der Waals surface area contributed by atoms with Crippen LogP contribution < -0.4 is 0 Å². The number of benzene rings is 2. The molecule has 1 heterocycles. The molecular formula is C18H13BrFNO2S. The maximum Gasteiger partial charge on any atom is 0.293 e. The van der Waals surface area contributed by atoms with E-state index in [0.717, 1.165) is 22.9 Å². The van der Waals surface area contributed by atoms with Crippen molar-refractivity contribution < 1.29 is 14.0 Å². The Hall–Kier alpha value is -1.92. The van der Waals surface area contributed by atoms with Gasteiger partial charge in [-0.05, 0) is 48.5 Å². The second-order valence-electron chi connectivity index (χ2n) is 5.42. The van der Waals surface area contributed by atoms with Crippen LogP contribution in [-0.2, 0) is 11.3 Å². The lowest BCUT2D eigenvalue weighted by Crippen LogP contribution is -2.27. The first-order valence-electron chi connectivity index (χ1n) is 7.20. The molecule has 3 rings (SSSR count). The third-order valence-corrected chi connectivity index (χ3v) is 4.98. The predicted molar refractivity (Wildman–Crippen MR) is 96.8 cm³/mol. The van der Waals surface area contributed by atoms with Crippen molar-refractivity contribution in [2.75, 3.05) is 0 Å². The van der Waals surface area contributed by atoms with Crippen molar-refractivity contribution in [3.05, 3.63) is 74.4 Å². The van der Waals surface area contributed by atoms with Crippen LogP contribution in [0.25, 0.3) is 6.08 Å². The summed E-state index contributed by atoms with van der Waals surface area (Å²) < 4.78 is 14.5. The zero-order valence-electron chi connectivity index (χ0n) is 12.8. The fraction of sp³-hybridized carbons (Fsp3) is 0.111. The summed E-state index contributed by atoms with van der Waals surface area (Å²) in [4.78, 5) is 26.0. The van der Waals surface area contributed by atoms with Crippen molar-refractivity contribution in [3.8, 4) is 0 Å². The van der Waals surface area contributed by atoms with Crippen LogP contribution in [-0.4, -0.2) is 16.0 Å². The first-order chi connectivity index (χ1) is 11.4. The van der Waals surface area contributed by atoms with Crippen LogP contribution in [0.2, 0.25) is 0 Å². The molecule has 0 N–H and O–H groups in total. The van der Waals surface area contributed by atoms with Crippen molar-refractivity contribution in [2.45, 2.75) is 13.5 Å². The molecule has 1 fully saturated rings. The van der Waals surface area contributed by atoms with Crippen LogP contribution in [0.3, 0.4) is 0 Å². The van der Waals surface area contributed by atoms with Crippen molar-refractivity contribution in [1.29, 1.82) is 0 Å². The number of imide groups is 1. The molecule has 0 spiro atoms. The van der Waals surface area contributed by atoms with Gasteiger partial charge >= 0.3 is 0 Å². The summed E-state index contributed by atoms with van der Waals surface area (Å²) >= 11 is 4.10. The van der Waals surface area contributed by atoms with Gasteiger partial charge < -0.3 is 0 Å². The van der Waals surface area contributed by atoms with E-state index in [1.54, 1.807) is 12.1 Å². The number of amides is 2. The third kappa shape index (κ3) is 3.60. The van der Waals surface area contributed by atoms with Gasteiger partial charge in [0, 0.05) is 10.0 Å². The minimum atomic E-state index is -0.441. The largest absolute Gasteiger partial charge is 0.293 e. The van der Waals surface area contributed by atoms with E-state index < -0.39 is 11.7 Å². The van der Waals surface area contributed by atoms with E-state index in [2.05, 4.69) is 15.9 Å². The lowest BCUT2D eigenvalue weighted by atomic mass is 10.1. The van der Waals surface area contributed by atoms with Gasteiger partial charge in [0.05, 0.1) is 11.4 Å². The Balaban J connectivity index is 1.84. The molecule has 0 unspecified atom stereocenters. The van der Waals surface area contributed by atoms with Crippen molar-refractivity contribution in [1.82, 2.24) is 4.90 Å². The number of hydrogen-bond acceptors (Lipinski definition) is 3. The quantitative estimate of drug-likeness (QED) is 0.663. The minimum Gasteiger partial charge on any atom is -0.268 e. The van der Waals surface area contributed by atoms with E-state index in [1.165, 1.54) is 17.0 Å². The van der Waals surface area contributed by atoms with E-state index in [-0.39, 0.29) is 22.3 Å². The van der Waals surface area contributed by atoms with Gasteiger partial charge in [0.2, 0.25) is 0 Å². The SMILES string of the molecule is Cc1ccc(CN2C(=O)S/C(=C\c3cc(Br)ccc3F)C2=O)cc1. The van der Waals surface area contributed by atoms with Crippen LogP contribution in [0.5, 0.6) is 0 Å².